The van der Waals surface area contributed by atoms with E-state index in [1.54, 1.807) is 23.0 Å². The van der Waals surface area contributed by atoms with Crippen LogP contribution in [0.25, 0.3) is 10.6 Å². The van der Waals surface area contributed by atoms with Crippen molar-refractivity contribution in [1.29, 1.82) is 0 Å². The Morgan fingerprint density at radius 1 is 1.39 bits per heavy atom. The van der Waals surface area contributed by atoms with E-state index < -0.39 is 0 Å². The van der Waals surface area contributed by atoms with E-state index in [1.807, 2.05) is 48.0 Å². The summed E-state index contributed by atoms with van der Waals surface area (Å²) >= 11 is 3.10. The standard InChI is InChI=1S/C16H17N3O2S2/c1-19(2)13(14-4-3-6-21-14)8-17-15(20)12-10-23-16(18-12)11-5-7-22-9-11/h3-7,9-10,13H,8H2,1-2H3,(H,17,20). The van der Waals surface area contributed by atoms with Gasteiger partial charge in [0.1, 0.15) is 16.5 Å². The molecule has 0 fully saturated rings. The SMILES string of the molecule is CN(C)C(CNC(=O)c1csc(-c2ccsc2)n1)c1ccco1. The average Bonchev–Trinajstić information content (AvgIpc) is 3.27. The van der Waals surface area contributed by atoms with Crippen LogP contribution in [-0.4, -0.2) is 36.4 Å². The van der Waals surface area contributed by atoms with Gasteiger partial charge in [-0.2, -0.15) is 11.3 Å². The third-order valence-corrected chi connectivity index (χ3v) is 5.03. The number of carbonyl (C=O) groups is 1. The number of rotatable bonds is 6. The molecule has 0 spiro atoms. The van der Waals surface area contributed by atoms with Gasteiger partial charge < -0.3 is 9.73 Å². The first-order valence-electron chi connectivity index (χ1n) is 7.11. The molecule has 3 rings (SSSR count). The number of thiazole rings is 1. The molecule has 1 unspecified atom stereocenters. The molecule has 0 bridgehead atoms. The molecule has 1 N–H and O–H groups in total. The molecule has 0 aliphatic heterocycles. The van der Waals surface area contributed by atoms with Crippen LogP contribution in [0.2, 0.25) is 0 Å². The molecule has 1 atom stereocenters. The van der Waals surface area contributed by atoms with Crippen molar-refractivity contribution in [2.24, 2.45) is 0 Å². The molecule has 3 aromatic heterocycles. The predicted octanol–water partition coefficient (Wildman–Crippen LogP) is 3.50. The highest BCUT2D eigenvalue weighted by molar-refractivity contribution is 7.14. The molecular weight excluding hydrogens is 330 g/mol. The van der Waals surface area contributed by atoms with E-state index >= 15 is 0 Å². The van der Waals surface area contributed by atoms with Crippen LogP contribution in [0.3, 0.4) is 0 Å². The zero-order valence-electron chi connectivity index (χ0n) is 12.9. The second-order valence-electron chi connectivity index (χ2n) is 5.25. The normalized spacial score (nSPS) is 12.5. The van der Waals surface area contributed by atoms with E-state index in [1.165, 1.54) is 11.3 Å². The fraction of sp³-hybridized carbons (Fsp3) is 0.250. The van der Waals surface area contributed by atoms with Gasteiger partial charge in [-0.25, -0.2) is 4.98 Å². The lowest BCUT2D eigenvalue weighted by atomic mass is 10.2. The molecular formula is C16H17N3O2S2. The number of thiophene rings is 1. The maximum atomic E-state index is 12.3. The monoisotopic (exact) mass is 347 g/mol. The van der Waals surface area contributed by atoms with E-state index in [4.69, 9.17) is 4.42 Å². The van der Waals surface area contributed by atoms with Crippen LogP contribution in [-0.2, 0) is 0 Å². The molecule has 0 aliphatic carbocycles. The lowest BCUT2D eigenvalue weighted by Crippen LogP contribution is -2.34. The molecule has 23 heavy (non-hydrogen) atoms. The van der Waals surface area contributed by atoms with Gasteiger partial charge >= 0.3 is 0 Å². The van der Waals surface area contributed by atoms with Gasteiger partial charge in [0, 0.05) is 22.9 Å². The Balaban J connectivity index is 1.65. The maximum absolute atomic E-state index is 12.3. The molecule has 1 amide bonds. The minimum Gasteiger partial charge on any atom is -0.468 e. The highest BCUT2D eigenvalue weighted by Gasteiger charge is 2.19. The van der Waals surface area contributed by atoms with Gasteiger partial charge in [0.2, 0.25) is 0 Å². The number of hydrogen-bond acceptors (Lipinski definition) is 6. The van der Waals surface area contributed by atoms with Crippen LogP contribution in [0, 0.1) is 0 Å². The number of hydrogen-bond donors (Lipinski definition) is 1. The van der Waals surface area contributed by atoms with Crippen molar-refractivity contribution in [2.75, 3.05) is 20.6 Å². The van der Waals surface area contributed by atoms with Crippen molar-refractivity contribution in [3.63, 3.8) is 0 Å². The second kappa shape index (κ2) is 7.08. The molecule has 5 nitrogen and oxygen atoms in total. The molecule has 0 saturated heterocycles. The second-order valence-corrected chi connectivity index (χ2v) is 6.89. The Labute approximate surface area is 142 Å². The summed E-state index contributed by atoms with van der Waals surface area (Å²) in [5.41, 5.74) is 1.51. The van der Waals surface area contributed by atoms with Crippen LogP contribution < -0.4 is 5.32 Å². The van der Waals surface area contributed by atoms with E-state index in [0.29, 0.717) is 12.2 Å². The van der Waals surface area contributed by atoms with Crippen LogP contribution in [0.5, 0.6) is 0 Å². The first-order chi connectivity index (χ1) is 11.1. The van der Waals surface area contributed by atoms with Gasteiger partial charge in [-0.15, -0.1) is 11.3 Å². The summed E-state index contributed by atoms with van der Waals surface area (Å²) in [6.45, 7) is 0.463. The molecule has 0 aliphatic rings. The van der Waals surface area contributed by atoms with Crippen molar-refractivity contribution in [2.45, 2.75) is 6.04 Å². The third kappa shape index (κ3) is 3.69. The number of nitrogens with one attached hydrogen (secondary N) is 1. The zero-order chi connectivity index (χ0) is 16.2. The summed E-state index contributed by atoms with van der Waals surface area (Å²) in [6, 6.07) is 5.75. The number of nitrogens with zero attached hydrogens (tertiary/aromatic N) is 2. The first kappa shape index (κ1) is 15.9. The van der Waals surface area contributed by atoms with Crippen molar-refractivity contribution in [1.82, 2.24) is 15.2 Å². The highest BCUT2D eigenvalue weighted by Crippen LogP contribution is 2.25. The van der Waals surface area contributed by atoms with Gasteiger partial charge in [-0.05, 0) is 37.7 Å². The van der Waals surface area contributed by atoms with Gasteiger partial charge in [-0.3, -0.25) is 9.69 Å². The minimum atomic E-state index is -0.166. The van der Waals surface area contributed by atoms with E-state index in [2.05, 4.69) is 10.3 Å². The Morgan fingerprint density at radius 3 is 2.91 bits per heavy atom. The molecule has 0 radical (unpaired) electrons. The van der Waals surface area contributed by atoms with Gasteiger partial charge in [0.05, 0.1) is 12.3 Å². The lowest BCUT2D eigenvalue weighted by Gasteiger charge is -2.22. The molecule has 0 saturated carbocycles. The van der Waals surface area contributed by atoms with Crippen molar-refractivity contribution < 1.29 is 9.21 Å². The molecule has 0 aromatic carbocycles. The lowest BCUT2D eigenvalue weighted by molar-refractivity contribution is 0.0935. The average molecular weight is 347 g/mol. The summed E-state index contributed by atoms with van der Waals surface area (Å²) in [5.74, 6) is 0.661. The number of likely N-dealkylation sites (N-methyl/N-ethyl adjacent to an activating group) is 1. The van der Waals surface area contributed by atoms with E-state index in [0.717, 1.165) is 16.3 Å². The van der Waals surface area contributed by atoms with Crippen molar-refractivity contribution in [3.05, 3.63) is 52.1 Å². The number of aromatic nitrogens is 1. The Kier molecular flexibility index (Phi) is 4.90. The largest absolute Gasteiger partial charge is 0.468 e. The van der Waals surface area contributed by atoms with Crippen molar-refractivity contribution >= 4 is 28.6 Å². The fourth-order valence-electron chi connectivity index (χ4n) is 2.20. The smallest absolute Gasteiger partial charge is 0.270 e. The van der Waals surface area contributed by atoms with Crippen LogP contribution >= 0.6 is 22.7 Å². The summed E-state index contributed by atoms with van der Waals surface area (Å²) in [4.78, 5) is 18.7. The quantitative estimate of drug-likeness (QED) is 0.741. The Hall–Kier alpha value is -1.96. The van der Waals surface area contributed by atoms with Gasteiger partial charge in [0.15, 0.2) is 0 Å². The number of carbonyl (C=O) groups excluding carboxylic acids is 1. The van der Waals surface area contributed by atoms with Gasteiger partial charge in [0.25, 0.3) is 5.91 Å². The number of furan rings is 1. The number of amides is 1. The maximum Gasteiger partial charge on any atom is 0.270 e. The minimum absolute atomic E-state index is 0.0103. The molecule has 7 heteroatoms. The highest BCUT2D eigenvalue weighted by atomic mass is 32.1. The first-order valence-corrected chi connectivity index (χ1v) is 8.93. The van der Waals surface area contributed by atoms with Crippen LogP contribution in [0.4, 0.5) is 0 Å². The van der Waals surface area contributed by atoms with E-state index in [-0.39, 0.29) is 11.9 Å². The molecule has 3 heterocycles. The molecule has 3 aromatic rings. The Bertz CT molecular complexity index is 748. The summed E-state index contributed by atoms with van der Waals surface area (Å²) in [7, 11) is 3.91. The van der Waals surface area contributed by atoms with Crippen LogP contribution in [0.15, 0.2) is 45.0 Å². The zero-order valence-corrected chi connectivity index (χ0v) is 14.5. The predicted molar refractivity (Wildman–Crippen MR) is 92.9 cm³/mol. The van der Waals surface area contributed by atoms with Crippen molar-refractivity contribution in [3.8, 4) is 10.6 Å². The summed E-state index contributed by atoms with van der Waals surface area (Å²) in [6.07, 6.45) is 1.64. The van der Waals surface area contributed by atoms with Crippen LogP contribution in [0.1, 0.15) is 22.3 Å². The Morgan fingerprint density at radius 2 is 2.26 bits per heavy atom. The summed E-state index contributed by atoms with van der Waals surface area (Å²) in [5, 5.41) is 9.62. The third-order valence-electron chi connectivity index (χ3n) is 3.46. The summed E-state index contributed by atoms with van der Waals surface area (Å²) < 4.78 is 5.44. The van der Waals surface area contributed by atoms with Gasteiger partial charge in [-0.1, -0.05) is 0 Å². The topological polar surface area (TPSA) is 58.4 Å². The molecule has 120 valence electrons. The van der Waals surface area contributed by atoms with E-state index in [9.17, 15) is 4.79 Å². The fourth-order valence-corrected chi connectivity index (χ4v) is 3.71.